The van der Waals surface area contributed by atoms with Crippen LogP contribution in [-0.4, -0.2) is 25.1 Å². The van der Waals surface area contributed by atoms with Crippen LogP contribution in [0.2, 0.25) is 0 Å². The summed E-state index contributed by atoms with van der Waals surface area (Å²) in [6.45, 7) is 4.20. The summed E-state index contributed by atoms with van der Waals surface area (Å²) in [5, 5.41) is 0. The van der Waals surface area contributed by atoms with E-state index in [9.17, 15) is 0 Å². The van der Waals surface area contributed by atoms with Crippen molar-refractivity contribution in [2.45, 2.75) is 13.2 Å². The summed E-state index contributed by atoms with van der Waals surface area (Å²) < 4.78 is 5.81. The highest BCUT2D eigenvalue weighted by atomic mass is 16.5. The van der Waals surface area contributed by atoms with Crippen LogP contribution in [0.3, 0.4) is 0 Å². The van der Waals surface area contributed by atoms with Gasteiger partial charge in [0.05, 0.1) is 6.61 Å². The highest BCUT2D eigenvalue weighted by Gasteiger charge is 2.24. The van der Waals surface area contributed by atoms with Gasteiger partial charge in [-0.1, -0.05) is 37.3 Å². The molecule has 1 saturated heterocycles. The monoisotopic (exact) mass is 191 g/mol. The lowest BCUT2D eigenvalue weighted by Crippen LogP contribution is -2.38. The molecule has 0 unspecified atom stereocenters. The van der Waals surface area contributed by atoms with Crippen LogP contribution < -0.4 is 0 Å². The lowest BCUT2D eigenvalue weighted by Gasteiger charge is -2.36. The van der Waals surface area contributed by atoms with Crippen molar-refractivity contribution in [3.8, 4) is 0 Å². The first-order valence-electron chi connectivity index (χ1n) is 5.14. The number of rotatable bonds is 1. The highest BCUT2D eigenvalue weighted by Crippen LogP contribution is 2.26. The van der Waals surface area contributed by atoms with Crippen molar-refractivity contribution in [2.24, 2.45) is 5.92 Å². The number of hydrogen-bond acceptors (Lipinski definition) is 2. The molecule has 76 valence electrons. The Kier molecular flexibility index (Phi) is 2.85. The molecule has 2 heteroatoms. The zero-order chi connectivity index (χ0) is 9.97. The molecule has 0 amide bonds. The molecule has 0 aliphatic carbocycles. The third kappa shape index (κ3) is 1.97. The molecule has 1 fully saturated rings. The quantitative estimate of drug-likeness (QED) is 0.675. The molecule has 1 aliphatic heterocycles. The van der Waals surface area contributed by atoms with Gasteiger partial charge >= 0.3 is 0 Å². The molecule has 0 radical (unpaired) electrons. The second-order valence-electron chi connectivity index (χ2n) is 4.14. The Labute approximate surface area is 85.5 Å². The van der Waals surface area contributed by atoms with E-state index in [1.165, 1.54) is 5.56 Å². The molecule has 1 heterocycles. The predicted octanol–water partition coefficient (Wildman–Crippen LogP) is 2.28. The fraction of sp³-hybridized carbons (Fsp3) is 0.500. The van der Waals surface area contributed by atoms with Gasteiger partial charge in [-0.3, -0.25) is 4.90 Å². The number of nitrogens with zero attached hydrogens (tertiary/aromatic N) is 1. The van der Waals surface area contributed by atoms with Crippen LogP contribution in [0.25, 0.3) is 0 Å². The Morgan fingerprint density at radius 1 is 1.29 bits per heavy atom. The summed E-state index contributed by atoms with van der Waals surface area (Å²) in [7, 11) is 2.12. The first kappa shape index (κ1) is 9.69. The smallest absolute Gasteiger partial charge is 0.136 e. The van der Waals surface area contributed by atoms with Gasteiger partial charge in [-0.25, -0.2) is 0 Å². The Morgan fingerprint density at radius 3 is 2.64 bits per heavy atom. The lowest BCUT2D eigenvalue weighted by atomic mass is 10.1. The minimum Gasteiger partial charge on any atom is -0.359 e. The first-order chi connectivity index (χ1) is 6.77. The molecular formula is C12H17NO. The van der Waals surface area contributed by atoms with Gasteiger partial charge in [-0.2, -0.15) is 0 Å². The summed E-state index contributed by atoms with van der Waals surface area (Å²) in [5.41, 5.74) is 1.25. The maximum absolute atomic E-state index is 5.81. The van der Waals surface area contributed by atoms with Crippen LogP contribution in [0.5, 0.6) is 0 Å². The summed E-state index contributed by atoms with van der Waals surface area (Å²) in [4.78, 5) is 2.27. The molecule has 2 atom stereocenters. The van der Waals surface area contributed by atoms with E-state index in [-0.39, 0.29) is 6.23 Å². The average molecular weight is 191 g/mol. The van der Waals surface area contributed by atoms with Gasteiger partial charge < -0.3 is 4.74 Å². The van der Waals surface area contributed by atoms with Gasteiger partial charge in [0.15, 0.2) is 0 Å². The number of hydrogen-bond donors (Lipinski definition) is 0. The van der Waals surface area contributed by atoms with Crippen LogP contribution in [0.4, 0.5) is 0 Å². The topological polar surface area (TPSA) is 12.5 Å². The van der Waals surface area contributed by atoms with Gasteiger partial charge in [0.25, 0.3) is 0 Å². The molecule has 0 N–H and O–H groups in total. The zero-order valence-electron chi connectivity index (χ0n) is 8.81. The van der Waals surface area contributed by atoms with Crippen molar-refractivity contribution in [3.05, 3.63) is 35.9 Å². The Hall–Kier alpha value is -0.860. The van der Waals surface area contributed by atoms with Gasteiger partial charge in [0.2, 0.25) is 0 Å². The molecule has 14 heavy (non-hydrogen) atoms. The van der Waals surface area contributed by atoms with Gasteiger partial charge in [-0.15, -0.1) is 0 Å². The van der Waals surface area contributed by atoms with Crippen molar-refractivity contribution in [1.29, 1.82) is 0 Å². The van der Waals surface area contributed by atoms with Crippen LogP contribution in [0.15, 0.2) is 30.3 Å². The van der Waals surface area contributed by atoms with Crippen LogP contribution in [0, 0.1) is 5.92 Å². The fourth-order valence-corrected chi connectivity index (χ4v) is 1.99. The summed E-state index contributed by atoms with van der Waals surface area (Å²) in [6, 6.07) is 10.4. The average Bonchev–Trinajstić information content (AvgIpc) is 2.19. The lowest BCUT2D eigenvalue weighted by molar-refractivity contribution is -0.108. The maximum Gasteiger partial charge on any atom is 0.136 e. The third-order valence-electron chi connectivity index (χ3n) is 2.62. The number of benzene rings is 1. The Bertz CT molecular complexity index is 286. The van der Waals surface area contributed by atoms with Crippen LogP contribution in [-0.2, 0) is 4.74 Å². The summed E-state index contributed by atoms with van der Waals surface area (Å²) in [6.07, 6.45) is 0.146. The highest BCUT2D eigenvalue weighted by molar-refractivity contribution is 5.17. The second-order valence-corrected chi connectivity index (χ2v) is 4.14. The Morgan fingerprint density at radius 2 is 2.00 bits per heavy atom. The molecule has 0 spiro atoms. The SMILES string of the molecule is C[C@@H]1CO[C@@H](c2ccccc2)N(C)C1. The molecule has 0 saturated carbocycles. The molecule has 2 nitrogen and oxygen atoms in total. The molecule has 1 aromatic carbocycles. The van der Waals surface area contributed by atoms with E-state index in [4.69, 9.17) is 4.74 Å². The van der Waals surface area contributed by atoms with E-state index >= 15 is 0 Å². The van der Waals surface area contributed by atoms with E-state index in [0.717, 1.165) is 13.2 Å². The minimum atomic E-state index is 0.146. The molecule has 0 aromatic heterocycles. The van der Waals surface area contributed by atoms with E-state index in [1.54, 1.807) is 0 Å². The molecule has 2 rings (SSSR count). The number of ether oxygens (including phenoxy) is 1. The predicted molar refractivity (Wildman–Crippen MR) is 56.9 cm³/mol. The van der Waals surface area contributed by atoms with Crippen LogP contribution >= 0.6 is 0 Å². The van der Waals surface area contributed by atoms with E-state index in [0.29, 0.717) is 5.92 Å². The Balaban J connectivity index is 2.12. The standard InChI is InChI=1S/C12H17NO/c1-10-8-13(2)12(14-9-10)11-6-4-3-5-7-11/h3-7,10,12H,8-9H2,1-2H3/t10-,12-/m0/s1. The van der Waals surface area contributed by atoms with Gasteiger partial charge in [-0.05, 0) is 18.5 Å². The van der Waals surface area contributed by atoms with Crippen molar-refractivity contribution in [2.75, 3.05) is 20.2 Å². The normalized spacial score (nSPS) is 29.0. The maximum atomic E-state index is 5.81. The largest absolute Gasteiger partial charge is 0.359 e. The van der Waals surface area contributed by atoms with Crippen LogP contribution in [0.1, 0.15) is 18.7 Å². The second kappa shape index (κ2) is 4.11. The van der Waals surface area contributed by atoms with Crippen molar-refractivity contribution in [3.63, 3.8) is 0 Å². The van der Waals surface area contributed by atoms with Gasteiger partial charge in [0, 0.05) is 6.54 Å². The van der Waals surface area contributed by atoms with Crippen molar-refractivity contribution < 1.29 is 4.74 Å². The first-order valence-corrected chi connectivity index (χ1v) is 5.14. The summed E-state index contributed by atoms with van der Waals surface area (Å²) >= 11 is 0. The molecular weight excluding hydrogens is 174 g/mol. The molecule has 0 bridgehead atoms. The fourth-order valence-electron chi connectivity index (χ4n) is 1.99. The zero-order valence-corrected chi connectivity index (χ0v) is 8.81. The van der Waals surface area contributed by atoms with E-state index in [1.807, 2.05) is 6.07 Å². The third-order valence-corrected chi connectivity index (χ3v) is 2.62. The van der Waals surface area contributed by atoms with E-state index in [2.05, 4.69) is 43.1 Å². The molecule has 1 aromatic rings. The van der Waals surface area contributed by atoms with Crippen molar-refractivity contribution >= 4 is 0 Å². The van der Waals surface area contributed by atoms with E-state index < -0.39 is 0 Å². The summed E-state index contributed by atoms with van der Waals surface area (Å²) in [5.74, 6) is 0.639. The minimum absolute atomic E-state index is 0.146. The van der Waals surface area contributed by atoms with Gasteiger partial charge in [0.1, 0.15) is 6.23 Å². The van der Waals surface area contributed by atoms with Crippen molar-refractivity contribution in [1.82, 2.24) is 4.90 Å². The molecule has 1 aliphatic rings.